The predicted molar refractivity (Wildman–Crippen MR) is 72.2 cm³/mol. The molecule has 0 bridgehead atoms. The smallest absolute Gasteiger partial charge is 0.242 e. The molecule has 1 aliphatic heterocycles. The molecule has 1 N–H and O–H groups in total. The van der Waals surface area contributed by atoms with Crippen LogP contribution in [0.5, 0.6) is 0 Å². The maximum Gasteiger partial charge on any atom is 0.242 e. The highest BCUT2D eigenvalue weighted by Gasteiger charge is 2.31. The lowest BCUT2D eigenvalue weighted by atomic mass is 10.2. The van der Waals surface area contributed by atoms with Gasteiger partial charge in [-0.2, -0.15) is 0 Å². The van der Waals surface area contributed by atoms with Crippen molar-refractivity contribution in [2.75, 3.05) is 25.6 Å². The van der Waals surface area contributed by atoms with E-state index in [2.05, 4.69) is 15.3 Å². The summed E-state index contributed by atoms with van der Waals surface area (Å²) in [7, 11) is 3.22. The maximum absolute atomic E-state index is 11.8. The molecule has 1 saturated heterocycles. The van der Waals surface area contributed by atoms with Crippen molar-refractivity contribution in [3.63, 3.8) is 0 Å². The van der Waals surface area contributed by atoms with Crippen molar-refractivity contribution >= 4 is 23.3 Å². The number of methoxy groups -OCH3 is 1. The summed E-state index contributed by atoms with van der Waals surface area (Å²) in [6, 6.07) is 1.49. The molecule has 104 valence electrons. The Kier molecular flexibility index (Phi) is 4.55. The van der Waals surface area contributed by atoms with Gasteiger partial charge in [0.25, 0.3) is 0 Å². The molecule has 7 heteroatoms. The minimum Gasteiger partial charge on any atom is -0.377 e. The number of carbonyl (C=O) groups is 1. The summed E-state index contributed by atoms with van der Waals surface area (Å²) in [5.41, 5.74) is 0. The minimum absolute atomic E-state index is 0.000487. The first kappa shape index (κ1) is 14.0. The Morgan fingerprint density at radius 3 is 3.11 bits per heavy atom. The van der Waals surface area contributed by atoms with Crippen LogP contribution in [0.15, 0.2) is 6.07 Å². The Hall–Kier alpha value is -1.40. The molecule has 1 fully saturated rings. The fourth-order valence-electron chi connectivity index (χ4n) is 2.27. The van der Waals surface area contributed by atoms with Crippen molar-refractivity contribution in [2.45, 2.75) is 25.5 Å². The molecule has 1 amide bonds. The van der Waals surface area contributed by atoms with Crippen LogP contribution in [0, 0.1) is 0 Å². The highest BCUT2D eigenvalue weighted by Crippen LogP contribution is 2.25. The van der Waals surface area contributed by atoms with Gasteiger partial charge in [0.15, 0.2) is 5.82 Å². The lowest BCUT2D eigenvalue weighted by Gasteiger charge is -2.24. The molecule has 0 aromatic carbocycles. The third kappa shape index (κ3) is 3.13. The predicted octanol–water partition coefficient (Wildman–Crippen LogP) is 0.991. The van der Waals surface area contributed by atoms with Crippen LogP contribution < -0.4 is 10.2 Å². The second kappa shape index (κ2) is 6.16. The zero-order valence-electron chi connectivity index (χ0n) is 11.0. The second-order valence-electron chi connectivity index (χ2n) is 4.36. The SMILES string of the molecule is CNC(=O)C1CCCN1c1cc(Cl)nc(COC)n1. The lowest BCUT2D eigenvalue weighted by molar-refractivity contribution is -0.121. The molecule has 2 heterocycles. The van der Waals surface area contributed by atoms with Gasteiger partial charge in [-0.15, -0.1) is 0 Å². The van der Waals surface area contributed by atoms with E-state index in [0.717, 1.165) is 19.4 Å². The quantitative estimate of drug-likeness (QED) is 0.835. The first-order valence-corrected chi connectivity index (χ1v) is 6.54. The lowest BCUT2D eigenvalue weighted by Crippen LogP contribution is -2.42. The maximum atomic E-state index is 11.8. The molecule has 1 atom stereocenters. The van der Waals surface area contributed by atoms with Crippen LogP contribution >= 0.6 is 11.6 Å². The molecule has 6 nitrogen and oxygen atoms in total. The summed E-state index contributed by atoms with van der Waals surface area (Å²) >= 11 is 5.99. The summed E-state index contributed by atoms with van der Waals surface area (Å²) in [6.07, 6.45) is 1.78. The van der Waals surface area contributed by atoms with E-state index >= 15 is 0 Å². The number of anilines is 1. The summed E-state index contributed by atoms with van der Waals surface area (Å²) in [6.45, 7) is 1.09. The summed E-state index contributed by atoms with van der Waals surface area (Å²) in [5, 5.41) is 3.04. The third-order valence-corrected chi connectivity index (χ3v) is 3.29. The van der Waals surface area contributed by atoms with Gasteiger partial charge < -0.3 is 15.0 Å². The third-order valence-electron chi connectivity index (χ3n) is 3.10. The van der Waals surface area contributed by atoms with Gasteiger partial charge in [0.2, 0.25) is 5.91 Å². The topological polar surface area (TPSA) is 67.4 Å². The molecule has 0 spiro atoms. The molecule has 1 aromatic rings. The van der Waals surface area contributed by atoms with Gasteiger partial charge in [-0.05, 0) is 12.8 Å². The van der Waals surface area contributed by atoms with Crippen molar-refractivity contribution in [1.82, 2.24) is 15.3 Å². The first-order valence-electron chi connectivity index (χ1n) is 6.16. The average molecular weight is 285 g/mol. The monoisotopic (exact) mass is 284 g/mol. The van der Waals surface area contributed by atoms with Gasteiger partial charge in [0.05, 0.1) is 0 Å². The van der Waals surface area contributed by atoms with E-state index in [-0.39, 0.29) is 11.9 Å². The number of ether oxygens (including phenoxy) is 1. The zero-order chi connectivity index (χ0) is 13.8. The van der Waals surface area contributed by atoms with Crippen molar-refractivity contribution in [3.8, 4) is 0 Å². The molecule has 1 aliphatic rings. The van der Waals surface area contributed by atoms with Crippen molar-refractivity contribution < 1.29 is 9.53 Å². The van der Waals surface area contributed by atoms with E-state index in [1.165, 1.54) is 0 Å². The first-order chi connectivity index (χ1) is 9.15. The number of amides is 1. The van der Waals surface area contributed by atoms with Crippen LogP contribution in [0.2, 0.25) is 5.15 Å². The molecule has 19 heavy (non-hydrogen) atoms. The van der Waals surface area contributed by atoms with Gasteiger partial charge in [0.1, 0.15) is 23.6 Å². The number of aromatic nitrogens is 2. The standard InChI is InChI=1S/C12H17ClN4O2/c1-14-12(18)8-4-3-5-17(8)11-6-9(13)15-10(16-11)7-19-2/h6,8H,3-5,7H2,1-2H3,(H,14,18). The highest BCUT2D eigenvalue weighted by molar-refractivity contribution is 6.29. The Balaban J connectivity index is 2.27. The van der Waals surface area contributed by atoms with Crippen LogP contribution in [-0.4, -0.2) is 42.6 Å². The van der Waals surface area contributed by atoms with E-state index in [1.54, 1.807) is 20.2 Å². The second-order valence-corrected chi connectivity index (χ2v) is 4.75. The summed E-state index contributed by atoms with van der Waals surface area (Å²) in [4.78, 5) is 22.3. The Morgan fingerprint density at radius 2 is 2.42 bits per heavy atom. The minimum atomic E-state index is -0.189. The Morgan fingerprint density at radius 1 is 1.63 bits per heavy atom. The molecular formula is C12H17ClN4O2. The average Bonchev–Trinajstić information content (AvgIpc) is 2.86. The number of nitrogens with one attached hydrogen (secondary N) is 1. The molecule has 1 aromatic heterocycles. The number of hydrogen-bond acceptors (Lipinski definition) is 5. The molecule has 2 rings (SSSR count). The number of nitrogens with zero attached hydrogens (tertiary/aromatic N) is 3. The largest absolute Gasteiger partial charge is 0.377 e. The van der Waals surface area contributed by atoms with Crippen LogP contribution in [0.3, 0.4) is 0 Å². The number of halogens is 1. The highest BCUT2D eigenvalue weighted by atomic mass is 35.5. The van der Waals surface area contributed by atoms with Gasteiger partial charge in [0, 0.05) is 26.8 Å². The van der Waals surface area contributed by atoms with Gasteiger partial charge >= 0.3 is 0 Å². The molecular weight excluding hydrogens is 268 g/mol. The number of rotatable bonds is 4. The Bertz CT molecular complexity index is 469. The fraction of sp³-hybridized carbons (Fsp3) is 0.583. The summed E-state index contributed by atoms with van der Waals surface area (Å²) in [5.74, 6) is 1.20. The van der Waals surface area contributed by atoms with Gasteiger partial charge in [-0.1, -0.05) is 11.6 Å². The van der Waals surface area contributed by atoms with Crippen LogP contribution in [-0.2, 0) is 16.1 Å². The molecule has 0 saturated carbocycles. The van der Waals surface area contributed by atoms with Crippen molar-refractivity contribution in [3.05, 3.63) is 17.0 Å². The van der Waals surface area contributed by atoms with E-state index in [4.69, 9.17) is 16.3 Å². The van der Waals surface area contributed by atoms with Gasteiger partial charge in [-0.3, -0.25) is 4.79 Å². The van der Waals surface area contributed by atoms with Crippen LogP contribution in [0.1, 0.15) is 18.7 Å². The summed E-state index contributed by atoms with van der Waals surface area (Å²) < 4.78 is 5.01. The number of carbonyl (C=O) groups excluding carboxylic acids is 1. The fourth-order valence-corrected chi connectivity index (χ4v) is 2.47. The zero-order valence-corrected chi connectivity index (χ0v) is 11.8. The molecule has 0 radical (unpaired) electrons. The van der Waals surface area contributed by atoms with Crippen molar-refractivity contribution in [2.24, 2.45) is 0 Å². The van der Waals surface area contributed by atoms with E-state index in [9.17, 15) is 4.79 Å². The van der Waals surface area contributed by atoms with Gasteiger partial charge in [-0.25, -0.2) is 9.97 Å². The van der Waals surface area contributed by atoms with Crippen LogP contribution in [0.25, 0.3) is 0 Å². The normalized spacial score (nSPS) is 18.7. The van der Waals surface area contributed by atoms with E-state index in [0.29, 0.717) is 23.4 Å². The number of hydrogen-bond donors (Lipinski definition) is 1. The molecule has 0 aliphatic carbocycles. The van der Waals surface area contributed by atoms with E-state index in [1.807, 2.05) is 4.90 Å². The number of likely N-dealkylation sites (N-methyl/N-ethyl adjacent to an activating group) is 1. The Labute approximate surface area is 117 Å². The van der Waals surface area contributed by atoms with Crippen molar-refractivity contribution in [1.29, 1.82) is 0 Å². The molecule has 1 unspecified atom stereocenters. The van der Waals surface area contributed by atoms with E-state index < -0.39 is 0 Å². The van der Waals surface area contributed by atoms with Crippen LogP contribution in [0.4, 0.5) is 5.82 Å².